The second-order valence-electron chi connectivity index (χ2n) is 22.3. The summed E-state index contributed by atoms with van der Waals surface area (Å²) >= 11 is 0. The Hall–Kier alpha value is -3.53. The van der Waals surface area contributed by atoms with Crippen molar-refractivity contribution in [2.45, 2.75) is 283 Å². The van der Waals surface area contributed by atoms with Crippen molar-refractivity contribution in [3.05, 3.63) is 85.1 Å². The van der Waals surface area contributed by atoms with E-state index in [0.29, 0.717) is 17.4 Å². The van der Waals surface area contributed by atoms with Gasteiger partial charge in [-0.1, -0.05) is 253 Å². The number of carbonyl (C=O) groups excluding carboxylic acids is 3. The summed E-state index contributed by atoms with van der Waals surface area (Å²) in [6.07, 6.45) is 75.0. The van der Waals surface area contributed by atoms with Crippen LogP contribution in [0.15, 0.2) is 85.1 Å². The molecule has 444 valence electrons. The number of quaternary nitrogens is 1. The molecule has 0 fully saturated rings. The highest BCUT2D eigenvalue weighted by Gasteiger charge is 2.22. The van der Waals surface area contributed by atoms with E-state index in [4.69, 9.17) is 18.9 Å². The second-order valence-corrected chi connectivity index (χ2v) is 22.3. The Morgan fingerprint density at radius 3 is 1.12 bits per heavy atom. The Balaban J connectivity index is 4.15. The summed E-state index contributed by atoms with van der Waals surface area (Å²) in [5.74, 6) is -2.28. The third-order valence-electron chi connectivity index (χ3n) is 13.6. The van der Waals surface area contributed by atoms with Crippen molar-refractivity contribution < 1.29 is 42.9 Å². The number of hydrogen-bond donors (Lipinski definition) is 0. The van der Waals surface area contributed by atoms with Gasteiger partial charge in [0.25, 0.3) is 0 Å². The van der Waals surface area contributed by atoms with Crippen LogP contribution < -0.4 is 5.11 Å². The van der Waals surface area contributed by atoms with Gasteiger partial charge in [0.15, 0.2) is 12.4 Å². The number of rotatable bonds is 58. The Morgan fingerprint density at radius 2 is 0.740 bits per heavy atom. The summed E-state index contributed by atoms with van der Waals surface area (Å²) in [7, 11) is 5.93. The van der Waals surface area contributed by atoms with Crippen LogP contribution in [0.25, 0.3) is 0 Å². The number of allylic oxidation sites excluding steroid dienone is 14. The van der Waals surface area contributed by atoms with Gasteiger partial charge in [-0.25, -0.2) is 0 Å². The average Bonchev–Trinajstić information content (AvgIpc) is 3.40. The number of esters is 2. The van der Waals surface area contributed by atoms with Gasteiger partial charge >= 0.3 is 11.9 Å². The van der Waals surface area contributed by atoms with Crippen molar-refractivity contribution in [3.63, 3.8) is 0 Å². The molecule has 9 heteroatoms. The van der Waals surface area contributed by atoms with Crippen LogP contribution in [0, 0.1) is 0 Å². The van der Waals surface area contributed by atoms with Gasteiger partial charge in [-0.2, -0.15) is 0 Å². The Bertz CT molecular complexity index is 1540. The Kier molecular flexibility index (Phi) is 55.9. The zero-order valence-corrected chi connectivity index (χ0v) is 50.6. The number of ether oxygens (including phenoxy) is 4. The normalized spacial score (nSPS) is 13.3. The molecular weight excluding hydrogens is 959 g/mol. The molecule has 0 heterocycles. The first kappa shape index (κ1) is 73.5. The maximum absolute atomic E-state index is 12.9. The van der Waals surface area contributed by atoms with Crippen LogP contribution >= 0.6 is 0 Å². The van der Waals surface area contributed by atoms with Crippen LogP contribution in [-0.4, -0.2) is 82.3 Å². The summed E-state index contributed by atoms with van der Waals surface area (Å²) < 4.78 is 22.7. The zero-order chi connectivity index (χ0) is 56.2. The Morgan fingerprint density at radius 1 is 0.403 bits per heavy atom. The van der Waals surface area contributed by atoms with Crippen LogP contribution in [-0.2, 0) is 33.3 Å². The van der Waals surface area contributed by atoms with E-state index < -0.39 is 24.3 Å². The topological polar surface area (TPSA) is 111 Å². The monoisotopic (exact) mass is 1080 g/mol. The Labute approximate surface area is 474 Å². The third-order valence-corrected chi connectivity index (χ3v) is 13.6. The molecule has 2 atom stereocenters. The molecular formula is C68H119NO8. The summed E-state index contributed by atoms with van der Waals surface area (Å²) in [4.78, 5) is 37.4. The van der Waals surface area contributed by atoms with Gasteiger partial charge < -0.3 is 33.3 Å². The number of unbranched alkanes of at least 4 members (excludes halogenated alkanes) is 29. The van der Waals surface area contributed by atoms with Crippen LogP contribution in [0.4, 0.5) is 0 Å². The second kappa shape index (κ2) is 58.6. The zero-order valence-electron chi connectivity index (χ0n) is 50.6. The van der Waals surface area contributed by atoms with Crippen molar-refractivity contribution in [1.82, 2.24) is 0 Å². The van der Waals surface area contributed by atoms with E-state index in [2.05, 4.69) is 98.9 Å². The fourth-order valence-corrected chi connectivity index (χ4v) is 8.77. The molecule has 0 N–H and O–H groups in total. The average molecular weight is 1080 g/mol. The smallest absolute Gasteiger partial charge is 0.306 e. The number of hydrogen-bond acceptors (Lipinski definition) is 8. The summed E-state index contributed by atoms with van der Waals surface area (Å²) in [6.45, 7) is 4.65. The minimum Gasteiger partial charge on any atom is -0.545 e. The third kappa shape index (κ3) is 60.0. The van der Waals surface area contributed by atoms with Crippen molar-refractivity contribution in [1.29, 1.82) is 0 Å². The number of likely N-dealkylation sites (N-methyl/N-ethyl adjacent to an activating group) is 1. The highest BCUT2D eigenvalue weighted by atomic mass is 16.7. The summed E-state index contributed by atoms with van der Waals surface area (Å²) in [5.41, 5.74) is 0. The van der Waals surface area contributed by atoms with Gasteiger partial charge in [-0.05, 0) is 89.9 Å². The highest BCUT2D eigenvalue weighted by Crippen LogP contribution is 2.16. The number of carbonyl (C=O) groups is 3. The van der Waals surface area contributed by atoms with Gasteiger partial charge in [-0.3, -0.25) is 9.59 Å². The van der Waals surface area contributed by atoms with Crippen LogP contribution in [0.2, 0.25) is 0 Å². The van der Waals surface area contributed by atoms with E-state index in [1.165, 1.54) is 161 Å². The molecule has 0 bridgehead atoms. The number of carboxylic acid groups (broad SMARTS) is 1. The van der Waals surface area contributed by atoms with Crippen LogP contribution in [0.3, 0.4) is 0 Å². The molecule has 0 aromatic carbocycles. The van der Waals surface area contributed by atoms with E-state index in [1.807, 2.05) is 21.1 Å². The van der Waals surface area contributed by atoms with Crippen LogP contribution in [0.1, 0.15) is 271 Å². The van der Waals surface area contributed by atoms with Gasteiger partial charge in [0, 0.05) is 12.8 Å². The first-order chi connectivity index (χ1) is 37.6. The molecule has 0 radical (unpaired) electrons. The molecule has 0 spiro atoms. The maximum atomic E-state index is 12.9. The summed E-state index contributed by atoms with van der Waals surface area (Å²) in [5, 5.41) is 11.8. The molecule has 2 unspecified atom stereocenters. The first-order valence-corrected chi connectivity index (χ1v) is 31.7. The van der Waals surface area contributed by atoms with E-state index in [1.54, 1.807) is 0 Å². The predicted molar refractivity (Wildman–Crippen MR) is 324 cm³/mol. The van der Waals surface area contributed by atoms with E-state index in [0.717, 1.165) is 77.0 Å². The molecule has 0 aliphatic rings. The van der Waals surface area contributed by atoms with Crippen molar-refractivity contribution in [2.75, 3.05) is 47.5 Å². The SMILES string of the molecule is CC/C=C\C/C=C\C/C=C\C/C=C\C/C=C\C/C=C\CCCCCCCCCCCCCCCCC(=O)OC(COC(=O)CCCCCCCCCCC/C=C\CCCCCCCC)COC(OCC[N+](C)(C)C)C(=O)[O-]. The minimum atomic E-state index is -1.62. The maximum Gasteiger partial charge on any atom is 0.306 e. The van der Waals surface area contributed by atoms with Crippen molar-refractivity contribution in [2.24, 2.45) is 0 Å². The quantitative estimate of drug-likeness (QED) is 0.0195. The molecule has 0 aliphatic carbocycles. The van der Waals surface area contributed by atoms with Crippen molar-refractivity contribution >= 4 is 17.9 Å². The van der Waals surface area contributed by atoms with Gasteiger partial charge in [0.1, 0.15) is 13.2 Å². The van der Waals surface area contributed by atoms with E-state index in [-0.39, 0.29) is 38.6 Å². The van der Waals surface area contributed by atoms with Crippen molar-refractivity contribution in [3.8, 4) is 0 Å². The van der Waals surface area contributed by atoms with Gasteiger partial charge in [-0.15, -0.1) is 0 Å². The number of nitrogens with zero attached hydrogens (tertiary/aromatic N) is 1. The number of carboxylic acids is 1. The highest BCUT2D eigenvalue weighted by molar-refractivity contribution is 5.70. The summed E-state index contributed by atoms with van der Waals surface area (Å²) in [6, 6.07) is 0. The molecule has 0 saturated carbocycles. The molecule has 0 rings (SSSR count). The fourth-order valence-electron chi connectivity index (χ4n) is 8.77. The lowest BCUT2D eigenvalue weighted by Gasteiger charge is -2.26. The molecule has 9 nitrogen and oxygen atoms in total. The lowest BCUT2D eigenvalue weighted by molar-refractivity contribution is -0.870. The molecule has 0 saturated heterocycles. The van der Waals surface area contributed by atoms with Crippen LogP contribution in [0.5, 0.6) is 0 Å². The minimum absolute atomic E-state index is 0.145. The molecule has 0 aliphatic heterocycles. The number of aliphatic carboxylic acids is 1. The van der Waals surface area contributed by atoms with E-state index in [9.17, 15) is 19.5 Å². The first-order valence-electron chi connectivity index (χ1n) is 31.7. The molecule has 0 aromatic rings. The lowest BCUT2D eigenvalue weighted by Crippen LogP contribution is -2.44. The van der Waals surface area contributed by atoms with Gasteiger partial charge in [0.2, 0.25) is 0 Å². The largest absolute Gasteiger partial charge is 0.545 e. The molecule has 77 heavy (non-hydrogen) atoms. The predicted octanol–water partition coefficient (Wildman–Crippen LogP) is 17.8. The molecule has 0 amide bonds. The molecule has 0 aromatic heterocycles. The van der Waals surface area contributed by atoms with Gasteiger partial charge in [0.05, 0.1) is 40.3 Å². The van der Waals surface area contributed by atoms with E-state index >= 15 is 0 Å². The lowest BCUT2D eigenvalue weighted by atomic mass is 10.0. The standard InChI is InChI=1S/C68H119NO8/c1-6-8-10-12-14-16-18-20-22-24-26-27-28-29-30-31-32-33-34-35-36-37-38-39-41-43-45-47-49-51-53-55-57-59-66(71)77-64(63-76-68(67(72)73)74-61-60-69(3,4)5)62-75-65(70)58-56-54-52-50-48-46-44-42-40-25-23-21-19-17-15-13-11-9-7-2/h8,10,14,16,20-23,26-27,29-30,32-33,64,68H,6-7,9,11-13,15,17-19,24-25,28,31,34-63H2,1-5H3/b10-8-,16-14-,22-20-,23-21-,27-26-,30-29-,33-32-. The fraction of sp³-hybridized carbons (Fsp3) is 0.750.